The van der Waals surface area contributed by atoms with Gasteiger partial charge in [-0.05, 0) is 30.9 Å². The number of ether oxygens (including phenoxy) is 1. The molecule has 0 radical (unpaired) electrons. The van der Waals surface area contributed by atoms with Crippen molar-refractivity contribution in [3.63, 3.8) is 0 Å². The number of methoxy groups -OCH3 is 1. The van der Waals surface area contributed by atoms with Crippen LogP contribution in [0.3, 0.4) is 0 Å². The van der Waals surface area contributed by atoms with Crippen molar-refractivity contribution in [3.8, 4) is 28.7 Å². The van der Waals surface area contributed by atoms with Crippen LogP contribution < -0.4 is 0 Å². The summed E-state index contributed by atoms with van der Waals surface area (Å²) in [6.45, 7) is -0.128. The summed E-state index contributed by atoms with van der Waals surface area (Å²) in [4.78, 5) is 4.78. The Morgan fingerprint density at radius 3 is 2.93 bits per heavy atom. The molecule has 0 spiro atoms. The highest BCUT2D eigenvalue weighted by molar-refractivity contribution is 5.77. The van der Waals surface area contributed by atoms with Gasteiger partial charge >= 0.3 is 0 Å². The number of hydrogen-bond acceptors (Lipinski definition) is 7. The lowest BCUT2D eigenvalue weighted by Gasteiger charge is -2.36. The van der Waals surface area contributed by atoms with Gasteiger partial charge in [0.05, 0.1) is 54.3 Å². The molecule has 1 aliphatic carbocycles. The van der Waals surface area contributed by atoms with Crippen LogP contribution in [0.5, 0.6) is 0 Å². The minimum atomic E-state index is -0.340. The lowest BCUT2D eigenvalue weighted by Crippen LogP contribution is -2.36. The maximum atomic E-state index is 9.70. The molecule has 0 saturated heterocycles. The van der Waals surface area contributed by atoms with Crippen molar-refractivity contribution in [1.82, 2.24) is 34.6 Å². The minimum Gasteiger partial charge on any atom is -0.390 e. The van der Waals surface area contributed by atoms with Gasteiger partial charge in [-0.3, -0.25) is 9.78 Å². The van der Waals surface area contributed by atoms with Gasteiger partial charge in [-0.25, -0.2) is 9.50 Å². The van der Waals surface area contributed by atoms with E-state index in [-0.39, 0.29) is 24.7 Å². The molecule has 0 aromatic carbocycles. The fourth-order valence-electron chi connectivity index (χ4n) is 3.89. The lowest BCUT2D eigenvalue weighted by atomic mass is 9.77. The minimum absolute atomic E-state index is 0.128. The van der Waals surface area contributed by atoms with E-state index in [1.807, 2.05) is 12.3 Å². The second-order valence-corrected chi connectivity index (χ2v) is 7.44. The maximum Gasteiger partial charge on any atom is 0.141 e. The first-order valence-corrected chi connectivity index (χ1v) is 9.67. The number of aromatic nitrogens is 7. The topological polar surface area (TPSA) is 130 Å². The molecule has 0 aliphatic heterocycles. The van der Waals surface area contributed by atoms with Gasteiger partial charge in [0.25, 0.3) is 0 Å². The van der Waals surface area contributed by atoms with Crippen LogP contribution in [0.4, 0.5) is 0 Å². The molecule has 4 aromatic rings. The number of hydrogen-bond donors (Lipinski definition) is 2. The third-order valence-electron chi connectivity index (χ3n) is 5.66. The highest BCUT2D eigenvalue weighted by Crippen LogP contribution is 2.38. The number of rotatable bonds is 6. The third-order valence-corrected chi connectivity index (χ3v) is 5.66. The predicted molar refractivity (Wildman–Crippen MR) is 106 cm³/mol. The number of aliphatic hydroxyl groups excluding tert-OH is 1. The molecule has 10 heteroatoms. The van der Waals surface area contributed by atoms with E-state index in [1.165, 1.54) is 0 Å². The molecule has 1 atom stereocenters. The molecule has 152 valence electrons. The first-order chi connectivity index (χ1) is 14.7. The van der Waals surface area contributed by atoms with Gasteiger partial charge in [-0.1, -0.05) is 0 Å². The molecule has 4 aromatic heterocycles. The van der Waals surface area contributed by atoms with Gasteiger partial charge < -0.3 is 9.84 Å². The van der Waals surface area contributed by atoms with E-state index in [2.05, 4.69) is 26.5 Å². The second-order valence-electron chi connectivity index (χ2n) is 7.44. The van der Waals surface area contributed by atoms with Gasteiger partial charge in [0.1, 0.15) is 17.4 Å². The summed E-state index contributed by atoms with van der Waals surface area (Å²) in [5, 5.41) is 34.8. The van der Waals surface area contributed by atoms with Crippen molar-refractivity contribution in [2.24, 2.45) is 5.92 Å². The summed E-state index contributed by atoms with van der Waals surface area (Å²) in [7, 11) is 1.70. The Morgan fingerprint density at radius 2 is 2.20 bits per heavy atom. The van der Waals surface area contributed by atoms with Crippen LogP contribution in [0.15, 0.2) is 36.9 Å². The zero-order chi connectivity index (χ0) is 20.7. The fourth-order valence-corrected chi connectivity index (χ4v) is 3.89. The Kier molecular flexibility index (Phi) is 4.54. The van der Waals surface area contributed by atoms with E-state index in [9.17, 15) is 10.4 Å². The Hall–Kier alpha value is -3.55. The monoisotopic (exact) mass is 404 g/mol. The van der Waals surface area contributed by atoms with Crippen LogP contribution in [0.2, 0.25) is 0 Å². The average Bonchev–Trinajstić information content (AvgIpc) is 3.49. The van der Waals surface area contributed by atoms with E-state index >= 15 is 0 Å². The van der Waals surface area contributed by atoms with Crippen molar-refractivity contribution in [2.45, 2.75) is 31.6 Å². The summed E-state index contributed by atoms with van der Waals surface area (Å²) in [6, 6.07) is 5.67. The van der Waals surface area contributed by atoms with Crippen molar-refractivity contribution < 1.29 is 9.84 Å². The summed E-state index contributed by atoms with van der Waals surface area (Å²) in [5.74, 6) is 0.225. The fraction of sp³-hybridized carbons (Fsp3) is 0.350. The number of nitrogens with zero attached hydrogens (tertiary/aromatic N) is 7. The number of nitriles is 1. The van der Waals surface area contributed by atoms with E-state index in [1.54, 1.807) is 41.0 Å². The smallest absolute Gasteiger partial charge is 0.141 e. The molecule has 1 aliphatic rings. The quantitative estimate of drug-likeness (QED) is 0.502. The number of aromatic amines is 1. The van der Waals surface area contributed by atoms with Crippen molar-refractivity contribution in [2.75, 3.05) is 7.11 Å². The molecule has 30 heavy (non-hydrogen) atoms. The average molecular weight is 404 g/mol. The molecule has 2 N–H and O–H groups in total. The Bertz CT molecular complexity index is 1230. The number of nitrogens with one attached hydrogen (secondary N) is 1. The van der Waals surface area contributed by atoms with Gasteiger partial charge in [0, 0.05) is 18.9 Å². The maximum absolute atomic E-state index is 9.70. The van der Waals surface area contributed by atoms with Gasteiger partial charge in [0.2, 0.25) is 0 Å². The molecule has 1 saturated carbocycles. The molecule has 0 amide bonds. The van der Waals surface area contributed by atoms with Gasteiger partial charge in [0.15, 0.2) is 0 Å². The SMILES string of the molecule is COC1CC(C(C#N)n2cc(-c3nc(-c4cc(CO)[nH]n4)cn4nccc34)cn2)C1. The third kappa shape index (κ3) is 3.04. The van der Waals surface area contributed by atoms with Gasteiger partial charge in [-0.15, -0.1) is 0 Å². The van der Waals surface area contributed by atoms with Crippen LogP contribution in [0, 0.1) is 17.2 Å². The molecule has 1 fully saturated rings. The van der Waals surface area contributed by atoms with E-state index in [0.29, 0.717) is 22.8 Å². The second kappa shape index (κ2) is 7.37. The molecular weight excluding hydrogens is 384 g/mol. The van der Waals surface area contributed by atoms with Crippen LogP contribution in [-0.4, -0.2) is 52.9 Å². The summed E-state index contributed by atoms with van der Waals surface area (Å²) in [6.07, 6.45) is 9.01. The number of fused-ring (bicyclic) bond motifs is 1. The lowest BCUT2D eigenvalue weighted by molar-refractivity contribution is -0.0113. The van der Waals surface area contributed by atoms with Gasteiger partial charge in [-0.2, -0.15) is 20.6 Å². The summed E-state index contributed by atoms with van der Waals surface area (Å²) < 4.78 is 8.79. The summed E-state index contributed by atoms with van der Waals surface area (Å²) in [5.41, 5.74) is 4.15. The molecule has 4 heterocycles. The van der Waals surface area contributed by atoms with Crippen molar-refractivity contribution in [3.05, 3.63) is 42.6 Å². The van der Waals surface area contributed by atoms with Crippen molar-refractivity contribution >= 4 is 5.52 Å². The Balaban J connectivity index is 1.52. The standard InChI is InChI=1S/C20H20N8O2/c1-30-15-4-12(5-15)19(7-21)27-9-13(8-23-27)20-18-2-3-22-28(18)10-17(24-20)16-6-14(11-29)25-26-16/h2-3,6,8-10,12,15,19,29H,4-5,11H2,1H3,(H,25,26). The van der Waals surface area contributed by atoms with Crippen LogP contribution in [-0.2, 0) is 11.3 Å². The van der Waals surface area contributed by atoms with Crippen LogP contribution >= 0.6 is 0 Å². The summed E-state index contributed by atoms with van der Waals surface area (Å²) >= 11 is 0. The van der Waals surface area contributed by atoms with E-state index in [0.717, 1.165) is 23.9 Å². The molecular formula is C20H20N8O2. The van der Waals surface area contributed by atoms with Crippen LogP contribution in [0.25, 0.3) is 28.2 Å². The van der Waals surface area contributed by atoms with Crippen LogP contribution in [0.1, 0.15) is 24.6 Å². The zero-order valence-electron chi connectivity index (χ0n) is 16.3. The first kappa shape index (κ1) is 18.5. The van der Waals surface area contributed by atoms with E-state index in [4.69, 9.17) is 9.72 Å². The largest absolute Gasteiger partial charge is 0.390 e. The molecule has 5 rings (SSSR count). The highest BCUT2D eigenvalue weighted by atomic mass is 16.5. The van der Waals surface area contributed by atoms with Crippen molar-refractivity contribution in [1.29, 1.82) is 5.26 Å². The van der Waals surface area contributed by atoms with E-state index < -0.39 is 0 Å². The molecule has 10 nitrogen and oxygen atoms in total. The Morgan fingerprint density at radius 1 is 1.33 bits per heavy atom. The normalized spacial score (nSPS) is 19.5. The zero-order valence-corrected chi connectivity index (χ0v) is 16.3. The number of H-pyrrole nitrogens is 1. The Labute approximate surface area is 171 Å². The molecule has 1 unspecified atom stereocenters. The highest BCUT2D eigenvalue weighted by Gasteiger charge is 2.36. The number of aliphatic hydroxyl groups is 1. The predicted octanol–water partition coefficient (Wildman–Crippen LogP) is 1.96. The first-order valence-electron chi connectivity index (χ1n) is 9.67. The molecule has 0 bridgehead atoms.